The number of hydrogen-bond donors (Lipinski definition) is 1. The molecular weight excluding hydrogens is 525 g/mol. The van der Waals surface area contributed by atoms with Crippen molar-refractivity contribution in [3.63, 3.8) is 0 Å². The van der Waals surface area contributed by atoms with Crippen molar-refractivity contribution in [3.8, 4) is 11.6 Å². The molecule has 1 N–H and O–H groups in total. The van der Waals surface area contributed by atoms with Crippen molar-refractivity contribution >= 4 is 37.6 Å². The first-order valence-electron chi connectivity index (χ1n) is 7.95. The zero-order chi connectivity index (χ0) is 23.0. The second kappa shape index (κ2) is 13.0. The predicted molar refractivity (Wildman–Crippen MR) is 95.7 cm³/mol. The van der Waals surface area contributed by atoms with E-state index in [1.165, 1.54) is 12.1 Å². The van der Waals surface area contributed by atoms with Crippen molar-refractivity contribution < 1.29 is 130 Å². The third kappa shape index (κ3) is 7.92. The molecule has 0 saturated carbocycles. The van der Waals surface area contributed by atoms with Gasteiger partial charge in [0.25, 0.3) is 10.1 Å². The smallest absolute Gasteiger partial charge is 0.857 e. The van der Waals surface area contributed by atoms with Crippen LogP contribution in [0.25, 0.3) is 5.69 Å². The molecule has 0 amide bonds. The molecule has 1 heterocycles. The monoisotopic (exact) mass is 534 g/mol. The van der Waals surface area contributed by atoms with Gasteiger partial charge in [-0.3, -0.25) is 4.55 Å². The van der Waals surface area contributed by atoms with Gasteiger partial charge in [-0.15, -0.1) is 5.11 Å². The third-order valence-corrected chi connectivity index (χ3v) is 5.46. The Hall–Kier alpha value is -0.660. The molecule has 0 fully saturated rings. The van der Waals surface area contributed by atoms with E-state index in [-0.39, 0.29) is 100 Å². The van der Waals surface area contributed by atoms with Gasteiger partial charge in [-0.05, 0) is 42.5 Å². The maximum Gasteiger partial charge on any atom is 1.00 e. The van der Waals surface area contributed by atoms with Crippen molar-refractivity contribution in [2.45, 2.75) is 9.79 Å². The standard InChI is InChI=1S/C16H12N4O9S2.3Na/c21-15-13(18-17-9-2-1-3-12(8-9)31(27,28)29)14(16(22)23)19-20(15)10-4-6-11(7-5-10)30(24,25)26;;;/h1-8,21H,(H,22,23)(H,24,25,26)(H,27,28,29);;;/q;3*+1/p-3. The van der Waals surface area contributed by atoms with Crippen LogP contribution in [0.1, 0.15) is 10.5 Å². The fraction of sp³-hybridized carbons (Fsp3) is 0. The number of carbonyl (C=O) groups is 1. The molecule has 3 aromatic rings. The quantitative estimate of drug-likeness (QED) is 0.179. The van der Waals surface area contributed by atoms with Crippen LogP contribution in [0.3, 0.4) is 0 Å². The Balaban J connectivity index is 0.00000363. The third-order valence-electron chi connectivity index (χ3n) is 3.76. The van der Waals surface area contributed by atoms with Crippen LogP contribution in [0.5, 0.6) is 5.88 Å². The molecule has 0 aliphatic carbocycles. The topological polar surface area (TPSA) is 217 Å². The Labute approximate surface area is 259 Å². The molecule has 0 spiro atoms. The van der Waals surface area contributed by atoms with E-state index >= 15 is 0 Å². The summed E-state index contributed by atoms with van der Waals surface area (Å²) in [6.07, 6.45) is 0. The summed E-state index contributed by atoms with van der Waals surface area (Å²) in [5.74, 6) is -2.93. The number of rotatable bonds is 6. The number of aromatic carboxylic acids is 1. The van der Waals surface area contributed by atoms with Gasteiger partial charge in [0.05, 0.1) is 27.1 Å². The van der Waals surface area contributed by atoms with Gasteiger partial charge < -0.3 is 19.6 Å². The van der Waals surface area contributed by atoms with E-state index in [0.717, 1.165) is 36.4 Å². The maximum atomic E-state index is 12.6. The van der Waals surface area contributed by atoms with Crippen molar-refractivity contribution in [1.29, 1.82) is 0 Å². The maximum absolute atomic E-state index is 12.6. The van der Waals surface area contributed by atoms with Gasteiger partial charge in [0.2, 0.25) is 0 Å². The van der Waals surface area contributed by atoms with Crippen LogP contribution in [0, 0.1) is 0 Å². The van der Waals surface area contributed by atoms with Crippen LogP contribution in [0.15, 0.2) is 68.6 Å². The normalized spacial score (nSPS) is 11.2. The Morgan fingerprint density at radius 2 is 1.53 bits per heavy atom. The van der Waals surface area contributed by atoms with Gasteiger partial charge >= 0.3 is 88.7 Å². The van der Waals surface area contributed by atoms with E-state index in [1.807, 2.05) is 0 Å². The summed E-state index contributed by atoms with van der Waals surface area (Å²) in [5, 5.41) is 34.6. The van der Waals surface area contributed by atoms with E-state index in [2.05, 4.69) is 15.3 Å². The minimum Gasteiger partial charge on any atom is -0.857 e. The Morgan fingerprint density at radius 1 is 0.941 bits per heavy atom. The summed E-state index contributed by atoms with van der Waals surface area (Å²) in [6, 6.07) is 8.40. The molecule has 1 aromatic heterocycles. The molecule has 34 heavy (non-hydrogen) atoms. The van der Waals surface area contributed by atoms with Crippen LogP contribution >= 0.6 is 0 Å². The Bertz CT molecular complexity index is 1420. The van der Waals surface area contributed by atoms with E-state index in [0.29, 0.717) is 4.68 Å². The minimum atomic E-state index is -4.74. The zero-order valence-corrected chi connectivity index (χ0v) is 25.6. The summed E-state index contributed by atoms with van der Waals surface area (Å²) in [4.78, 5) is 10.3. The summed E-state index contributed by atoms with van der Waals surface area (Å²) in [7, 11) is -9.27. The molecule has 3 rings (SSSR count). The van der Waals surface area contributed by atoms with Gasteiger partial charge in [0.15, 0.2) is 0 Å². The molecule has 162 valence electrons. The van der Waals surface area contributed by atoms with Crippen molar-refractivity contribution in [2.24, 2.45) is 10.2 Å². The second-order valence-electron chi connectivity index (χ2n) is 5.82. The second-order valence-corrected chi connectivity index (χ2v) is 8.62. The van der Waals surface area contributed by atoms with E-state index in [1.54, 1.807) is 0 Å². The first-order chi connectivity index (χ1) is 14.4. The average Bonchev–Trinajstić information content (AvgIpc) is 3.02. The van der Waals surface area contributed by atoms with Crippen molar-refractivity contribution in [1.82, 2.24) is 9.78 Å². The Morgan fingerprint density at radius 3 is 2.03 bits per heavy atom. The van der Waals surface area contributed by atoms with E-state index in [9.17, 15) is 36.4 Å². The number of carboxylic acid groups (broad SMARTS) is 1. The van der Waals surface area contributed by atoms with Crippen LogP contribution in [0.4, 0.5) is 11.4 Å². The number of carboxylic acids is 1. The fourth-order valence-electron chi connectivity index (χ4n) is 2.36. The molecule has 13 nitrogen and oxygen atoms in total. The van der Waals surface area contributed by atoms with Gasteiger partial charge in [-0.25, -0.2) is 13.1 Å². The molecule has 0 unspecified atom stereocenters. The van der Waals surface area contributed by atoms with Crippen molar-refractivity contribution in [2.75, 3.05) is 0 Å². The molecule has 0 atom stereocenters. The summed E-state index contributed by atoms with van der Waals surface area (Å²) in [5.41, 5.74) is -1.84. The number of carbonyl (C=O) groups excluding carboxylic acids is 1. The van der Waals surface area contributed by atoms with Gasteiger partial charge in [-0.2, -0.15) is 18.6 Å². The van der Waals surface area contributed by atoms with Gasteiger partial charge in [-0.1, -0.05) is 6.07 Å². The van der Waals surface area contributed by atoms with Crippen LogP contribution < -0.4 is 98.9 Å². The molecule has 0 bridgehead atoms. The SMILES string of the molecule is O=C([O-])c1nn(-c2ccc(S(=O)(=O)[O-])cc2)c([O-])c1N=Nc1cccc(S(=O)(=O)O)c1.[Na+].[Na+].[Na+]. The number of aromatic nitrogens is 2. The van der Waals surface area contributed by atoms with E-state index < -0.39 is 53.3 Å². The molecule has 0 saturated heterocycles. The van der Waals surface area contributed by atoms with E-state index in [4.69, 9.17) is 4.55 Å². The molecule has 18 heteroatoms. The Kier molecular flexibility index (Phi) is 12.8. The molecule has 0 aliphatic heterocycles. The molecule has 2 aromatic carbocycles. The number of nitrogens with zero attached hydrogens (tertiary/aromatic N) is 4. The number of benzene rings is 2. The predicted octanol–water partition coefficient (Wildman–Crippen LogP) is -9.11. The molecular formula is C16H9N4Na3O9S2. The van der Waals surface area contributed by atoms with Crippen molar-refractivity contribution in [3.05, 3.63) is 54.2 Å². The van der Waals surface area contributed by atoms with Crippen LogP contribution in [-0.4, -0.2) is 41.7 Å². The zero-order valence-electron chi connectivity index (χ0n) is 17.9. The summed E-state index contributed by atoms with van der Waals surface area (Å²) in [6.45, 7) is 0. The first-order valence-corrected chi connectivity index (χ1v) is 10.8. The van der Waals surface area contributed by atoms with Gasteiger partial charge in [0.1, 0.15) is 21.5 Å². The average molecular weight is 534 g/mol. The molecule has 0 radical (unpaired) electrons. The van der Waals surface area contributed by atoms with Gasteiger partial charge in [0, 0.05) is 5.88 Å². The summed E-state index contributed by atoms with van der Waals surface area (Å²) < 4.78 is 65.0. The fourth-order valence-corrected chi connectivity index (χ4v) is 3.35. The largest absolute Gasteiger partial charge is 1.00 e. The summed E-state index contributed by atoms with van der Waals surface area (Å²) >= 11 is 0. The number of hydrogen-bond acceptors (Lipinski definition) is 11. The molecule has 0 aliphatic rings. The van der Waals surface area contributed by atoms with Crippen LogP contribution in [-0.2, 0) is 20.2 Å². The van der Waals surface area contributed by atoms with Crippen LogP contribution in [0.2, 0.25) is 0 Å². The number of azo groups is 1. The first kappa shape index (κ1) is 33.3. The minimum absolute atomic E-state index is 0.